The Morgan fingerprint density at radius 2 is 1.90 bits per heavy atom. The summed E-state index contributed by atoms with van der Waals surface area (Å²) >= 11 is 0. The van der Waals surface area contributed by atoms with Crippen LogP contribution in [0.5, 0.6) is 0 Å². The molecule has 1 amide bonds. The van der Waals surface area contributed by atoms with Gasteiger partial charge in [-0.15, -0.1) is 5.10 Å². The highest BCUT2D eigenvalue weighted by Gasteiger charge is 2.11. The number of aryl methyl sites for hydroxylation is 2. The molecule has 0 aliphatic carbocycles. The van der Waals surface area contributed by atoms with Crippen LogP contribution in [0.3, 0.4) is 0 Å². The fourth-order valence-electron chi connectivity index (χ4n) is 3.17. The maximum atomic E-state index is 12.4. The summed E-state index contributed by atoms with van der Waals surface area (Å²) in [5, 5.41) is 14.2. The van der Waals surface area contributed by atoms with E-state index in [1.165, 1.54) is 11.6 Å². The number of carbonyl (C=O) groups is 1. The second-order valence-corrected chi connectivity index (χ2v) is 7.26. The zero-order valence-corrected chi connectivity index (χ0v) is 17.5. The third-order valence-corrected chi connectivity index (χ3v) is 4.82. The number of rotatable bonds is 7. The van der Waals surface area contributed by atoms with Crippen molar-refractivity contribution in [2.24, 2.45) is 0 Å². The first-order chi connectivity index (χ1) is 15.1. The molecule has 0 fully saturated rings. The molecule has 2 aromatic carbocycles. The fraction of sp³-hybridized carbons (Fsp3) is 0.167. The summed E-state index contributed by atoms with van der Waals surface area (Å²) in [7, 11) is 0. The van der Waals surface area contributed by atoms with E-state index in [9.17, 15) is 4.79 Å². The van der Waals surface area contributed by atoms with Crippen molar-refractivity contribution in [3.63, 3.8) is 0 Å². The van der Waals surface area contributed by atoms with Gasteiger partial charge in [0.05, 0.1) is 12.2 Å². The molecule has 0 saturated carbocycles. The third-order valence-electron chi connectivity index (χ3n) is 4.82. The summed E-state index contributed by atoms with van der Waals surface area (Å²) in [5.74, 6) is 0.695. The molecule has 4 aromatic rings. The van der Waals surface area contributed by atoms with Crippen LogP contribution in [0.25, 0.3) is 17.3 Å². The van der Waals surface area contributed by atoms with Crippen LogP contribution in [-0.2, 0) is 17.8 Å². The monoisotopic (exact) mass is 412 g/mol. The Kier molecular flexibility index (Phi) is 6.03. The minimum atomic E-state index is -0.299. The lowest BCUT2D eigenvalue weighted by atomic mass is 10.1. The van der Waals surface area contributed by atoms with Gasteiger partial charge in [-0.1, -0.05) is 67.1 Å². The van der Waals surface area contributed by atoms with Crippen molar-refractivity contribution in [3.8, 4) is 11.3 Å². The maximum Gasteiger partial charge on any atom is 0.250 e. The highest BCUT2D eigenvalue weighted by Crippen LogP contribution is 2.24. The molecule has 0 saturated heterocycles. The number of benzene rings is 2. The Labute approximate surface area is 180 Å². The van der Waals surface area contributed by atoms with Crippen molar-refractivity contribution >= 4 is 17.9 Å². The topological polar surface area (TPSA) is 88.5 Å². The van der Waals surface area contributed by atoms with Gasteiger partial charge in [0.2, 0.25) is 5.95 Å². The number of aromatic nitrogens is 5. The Morgan fingerprint density at radius 3 is 2.61 bits per heavy atom. The fourth-order valence-corrected chi connectivity index (χ4v) is 3.17. The molecule has 4 rings (SSSR count). The number of aromatic amines is 1. The molecule has 7 heteroatoms. The van der Waals surface area contributed by atoms with Crippen molar-refractivity contribution in [2.45, 2.75) is 26.8 Å². The molecule has 7 nitrogen and oxygen atoms in total. The second kappa shape index (κ2) is 9.21. The zero-order chi connectivity index (χ0) is 21.6. The summed E-state index contributed by atoms with van der Waals surface area (Å²) in [6, 6.07) is 18.4. The van der Waals surface area contributed by atoms with Gasteiger partial charge in [0, 0.05) is 29.8 Å². The first kappa shape index (κ1) is 20.3. The van der Waals surface area contributed by atoms with Gasteiger partial charge in [-0.3, -0.25) is 19.9 Å². The largest absolute Gasteiger partial charge is 0.290 e. The number of nitrogens with zero attached hydrogens (tertiary/aromatic N) is 4. The summed E-state index contributed by atoms with van der Waals surface area (Å²) in [6.07, 6.45) is 5.92. The van der Waals surface area contributed by atoms with Crippen LogP contribution in [0.1, 0.15) is 29.4 Å². The Bertz CT molecular complexity index is 1190. The molecule has 0 atom stereocenters. The normalized spacial score (nSPS) is 11.2. The first-order valence-electron chi connectivity index (χ1n) is 10.2. The molecule has 2 N–H and O–H groups in total. The average Bonchev–Trinajstić information content (AvgIpc) is 3.40. The number of nitrogens with one attached hydrogen (secondary N) is 2. The number of carbonyl (C=O) groups excluding carboxylic acids is 1. The average molecular weight is 412 g/mol. The summed E-state index contributed by atoms with van der Waals surface area (Å²) in [4.78, 5) is 16.6. The molecule has 0 spiro atoms. The lowest BCUT2D eigenvalue weighted by Crippen LogP contribution is -2.09. The van der Waals surface area contributed by atoms with Gasteiger partial charge >= 0.3 is 0 Å². The molecule has 0 aliphatic rings. The Hall–Kier alpha value is -4.00. The maximum absolute atomic E-state index is 12.4. The van der Waals surface area contributed by atoms with E-state index in [0.29, 0.717) is 6.54 Å². The van der Waals surface area contributed by atoms with E-state index >= 15 is 0 Å². The molecular weight excluding hydrogens is 388 g/mol. The summed E-state index contributed by atoms with van der Waals surface area (Å²) < 4.78 is 1.89. The molecule has 0 bridgehead atoms. The number of hydrogen-bond donors (Lipinski definition) is 2. The summed E-state index contributed by atoms with van der Waals surface area (Å²) in [6.45, 7) is 4.67. The predicted octanol–water partition coefficient (Wildman–Crippen LogP) is 4.24. The molecule has 0 radical (unpaired) electrons. The van der Waals surface area contributed by atoms with Gasteiger partial charge in [0.15, 0.2) is 0 Å². The highest BCUT2D eigenvalue weighted by atomic mass is 16.1. The molecule has 2 aromatic heterocycles. The van der Waals surface area contributed by atoms with Gasteiger partial charge in [-0.2, -0.15) is 10.1 Å². The van der Waals surface area contributed by atoms with E-state index in [1.807, 2.05) is 48.1 Å². The third kappa shape index (κ3) is 5.14. The zero-order valence-electron chi connectivity index (χ0n) is 17.5. The number of anilines is 1. The number of hydrogen-bond acceptors (Lipinski definition) is 4. The molecule has 0 unspecified atom stereocenters. The number of amides is 1. The van der Waals surface area contributed by atoms with Crippen molar-refractivity contribution in [1.82, 2.24) is 25.0 Å². The Morgan fingerprint density at radius 1 is 1.13 bits per heavy atom. The van der Waals surface area contributed by atoms with Crippen LogP contribution in [0, 0.1) is 6.92 Å². The van der Waals surface area contributed by atoms with E-state index in [4.69, 9.17) is 5.10 Å². The first-order valence-corrected chi connectivity index (χ1v) is 10.2. The van der Waals surface area contributed by atoms with Crippen LogP contribution in [0.4, 0.5) is 5.95 Å². The van der Waals surface area contributed by atoms with Crippen LogP contribution in [-0.4, -0.2) is 30.9 Å². The minimum Gasteiger partial charge on any atom is -0.290 e. The minimum absolute atomic E-state index is 0.269. The van der Waals surface area contributed by atoms with Gasteiger partial charge < -0.3 is 0 Å². The molecule has 0 aliphatic heterocycles. The van der Waals surface area contributed by atoms with Gasteiger partial charge in [0.25, 0.3) is 5.91 Å². The number of H-pyrrole nitrogens is 1. The smallest absolute Gasteiger partial charge is 0.250 e. The summed E-state index contributed by atoms with van der Waals surface area (Å²) in [5.41, 5.74) is 5.02. The van der Waals surface area contributed by atoms with Crippen molar-refractivity contribution in [2.75, 3.05) is 5.32 Å². The lowest BCUT2D eigenvalue weighted by Gasteiger charge is -2.02. The highest BCUT2D eigenvalue weighted by molar-refractivity contribution is 6.01. The van der Waals surface area contributed by atoms with E-state index in [1.54, 1.807) is 6.08 Å². The van der Waals surface area contributed by atoms with E-state index in [0.717, 1.165) is 34.6 Å². The Balaban J connectivity index is 1.58. The lowest BCUT2D eigenvalue weighted by molar-refractivity contribution is -0.111. The van der Waals surface area contributed by atoms with E-state index < -0.39 is 0 Å². The van der Waals surface area contributed by atoms with Crippen molar-refractivity contribution < 1.29 is 4.79 Å². The van der Waals surface area contributed by atoms with Crippen LogP contribution in [0.15, 0.2) is 66.9 Å². The van der Waals surface area contributed by atoms with Crippen molar-refractivity contribution in [3.05, 3.63) is 89.4 Å². The van der Waals surface area contributed by atoms with Crippen molar-refractivity contribution in [1.29, 1.82) is 0 Å². The molecule has 2 heterocycles. The van der Waals surface area contributed by atoms with E-state index in [-0.39, 0.29) is 11.9 Å². The van der Waals surface area contributed by atoms with Crippen LogP contribution >= 0.6 is 0 Å². The van der Waals surface area contributed by atoms with Gasteiger partial charge in [0.1, 0.15) is 5.82 Å². The molecule has 31 heavy (non-hydrogen) atoms. The van der Waals surface area contributed by atoms with Gasteiger partial charge in [-0.25, -0.2) is 0 Å². The SMILES string of the molecule is CCc1nc(NC(=O)/C=C/c2cn(Cc3ccccc3)nc2-c2ccc(C)cc2)n[nH]1. The quantitative estimate of drug-likeness (QED) is 0.445. The standard InChI is InChI=1S/C24H24N6O/c1-3-21-25-24(28-27-21)26-22(31)14-13-20-16-30(15-18-7-5-4-6-8-18)29-23(20)19-11-9-17(2)10-12-19/h4-14,16H,3,15H2,1-2H3,(H2,25,26,27,28,31)/b14-13+. The van der Waals surface area contributed by atoms with Gasteiger partial charge in [-0.05, 0) is 18.6 Å². The van der Waals surface area contributed by atoms with Crippen LogP contribution in [0.2, 0.25) is 0 Å². The molecular formula is C24H24N6O. The van der Waals surface area contributed by atoms with E-state index in [2.05, 4.69) is 51.7 Å². The molecule has 156 valence electrons. The van der Waals surface area contributed by atoms with Crippen LogP contribution < -0.4 is 5.32 Å². The predicted molar refractivity (Wildman–Crippen MR) is 121 cm³/mol. The second-order valence-electron chi connectivity index (χ2n) is 7.26.